The molecule has 0 spiro atoms. The normalized spacial score (nSPS) is 21.7. The predicted octanol–water partition coefficient (Wildman–Crippen LogP) is 3.29. The molecule has 0 aromatic heterocycles. The van der Waals surface area contributed by atoms with Gasteiger partial charge in [0.15, 0.2) is 0 Å². The van der Waals surface area contributed by atoms with Crippen LogP contribution in [0.5, 0.6) is 0 Å². The lowest BCUT2D eigenvalue weighted by Gasteiger charge is -2.41. The van der Waals surface area contributed by atoms with Gasteiger partial charge in [-0.25, -0.2) is 0 Å². The Labute approximate surface area is 132 Å². The molecular formula is C17H25ClN2O. The Kier molecular flexibility index (Phi) is 5.04. The predicted molar refractivity (Wildman–Crippen MR) is 88.0 cm³/mol. The summed E-state index contributed by atoms with van der Waals surface area (Å²) in [6.45, 7) is 4.79. The zero-order valence-electron chi connectivity index (χ0n) is 12.6. The van der Waals surface area contributed by atoms with Gasteiger partial charge in [0, 0.05) is 35.4 Å². The largest absolute Gasteiger partial charge is 0.392 e. The minimum absolute atomic E-state index is 0.0575. The third kappa shape index (κ3) is 3.53. The maximum atomic E-state index is 9.54. The summed E-state index contributed by atoms with van der Waals surface area (Å²) in [6.07, 6.45) is 6.60. The first kappa shape index (κ1) is 15.1. The minimum atomic E-state index is 0.0575. The second-order valence-electron chi connectivity index (χ2n) is 6.25. The molecule has 0 saturated carbocycles. The van der Waals surface area contributed by atoms with Crippen molar-refractivity contribution in [2.75, 3.05) is 31.1 Å². The van der Waals surface area contributed by atoms with Crippen LogP contribution in [-0.4, -0.2) is 42.2 Å². The van der Waals surface area contributed by atoms with E-state index >= 15 is 0 Å². The molecule has 0 aliphatic carbocycles. The lowest BCUT2D eigenvalue weighted by Crippen LogP contribution is -2.46. The van der Waals surface area contributed by atoms with Crippen molar-refractivity contribution >= 4 is 17.3 Å². The van der Waals surface area contributed by atoms with E-state index < -0.39 is 0 Å². The summed E-state index contributed by atoms with van der Waals surface area (Å²) in [6, 6.07) is 6.61. The topological polar surface area (TPSA) is 26.7 Å². The molecule has 0 amide bonds. The molecular weight excluding hydrogens is 284 g/mol. The highest BCUT2D eigenvalue weighted by Crippen LogP contribution is 2.29. The molecule has 1 N–H and O–H groups in total. The number of likely N-dealkylation sites (tertiary alicyclic amines) is 1. The minimum Gasteiger partial charge on any atom is -0.392 e. The lowest BCUT2D eigenvalue weighted by atomic mass is 9.99. The van der Waals surface area contributed by atoms with Crippen molar-refractivity contribution in [2.24, 2.45) is 0 Å². The van der Waals surface area contributed by atoms with E-state index in [-0.39, 0.29) is 6.61 Å². The van der Waals surface area contributed by atoms with Gasteiger partial charge in [-0.2, -0.15) is 0 Å². The Morgan fingerprint density at radius 1 is 1.05 bits per heavy atom. The van der Waals surface area contributed by atoms with Crippen molar-refractivity contribution in [3.63, 3.8) is 0 Å². The number of hydrogen-bond acceptors (Lipinski definition) is 3. The lowest BCUT2D eigenvalue weighted by molar-refractivity contribution is 0.141. The Hall–Kier alpha value is -0.770. The molecule has 2 saturated heterocycles. The van der Waals surface area contributed by atoms with Crippen LogP contribution in [0.2, 0.25) is 5.02 Å². The van der Waals surface area contributed by atoms with E-state index in [4.69, 9.17) is 11.6 Å². The number of benzene rings is 1. The molecule has 116 valence electrons. The maximum Gasteiger partial charge on any atom is 0.0702 e. The van der Waals surface area contributed by atoms with Crippen molar-refractivity contribution in [3.05, 3.63) is 28.8 Å². The van der Waals surface area contributed by atoms with E-state index in [1.54, 1.807) is 0 Å². The third-order valence-corrected chi connectivity index (χ3v) is 5.16. The van der Waals surface area contributed by atoms with Crippen molar-refractivity contribution < 1.29 is 5.11 Å². The van der Waals surface area contributed by atoms with E-state index in [0.717, 1.165) is 30.4 Å². The zero-order valence-corrected chi connectivity index (χ0v) is 13.4. The molecule has 21 heavy (non-hydrogen) atoms. The second-order valence-corrected chi connectivity index (χ2v) is 6.68. The van der Waals surface area contributed by atoms with Gasteiger partial charge < -0.3 is 14.9 Å². The molecule has 0 bridgehead atoms. The summed E-state index contributed by atoms with van der Waals surface area (Å²) >= 11 is 6.02. The summed E-state index contributed by atoms with van der Waals surface area (Å²) in [4.78, 5) is 5.10. The Morgan fingerprint density at radius 3 is 2.43 bits per heavy atom. The quantitative estimate of drug-likeness (QED) is 0.928. The second kappa shape index (κ2) is 6.99. The van der Waals surface area contributed by atoms with Gasteiger partial charge in [0.05, 0.1) is 6.61 Å². The molecule has 1 aromatic rings. The summed E-state index contributed by atoms with van der Waals surface area (Å²) in [5.41, 5.74) is 2.10. The number of aliphatic hydroxyl groups excluding tert-OH is 1. The number of rotatable bonds is 3. The molecule has 3 nitrogen and oxygen atoms in total. The van der Waals surface area contributed by atoms with Crippen LogP contribution < -0.4 is 4.90 Å². The van der Waals surface area contributed by atoms with Gasteiger partial charge in [-0.15, -0.1) is 0 Å². The summed E-state index contributed by atoms with van der Waals surface area (Å²) in [7, 11) is 0. The Balaban J connectivity index is 1.62. The fraction of sp³-hybridized carbons (Fsp3) is 0.647. The van der Waals surface area contributed by atoms with E-state index in [0.29, 0.717) is 5.02 Å². The van der Waals surface area contributed by atoms with E-state index in [9.17, 15) is 5.11 Å². The maximum absolute atomic E-state index is 9.54. The zero-order chi connectivity index (χ0) is 14.7. The highest BCUT2D eigenvalue weighted by Gasteiger charge is 2.26. The average molecular weight is 309 g/mol. The van der Waals surface area contributed by atoms with E-state index in [2.05, 4.69) is 15.9 Å². The molecule has 2 aliphatic heterocycles. The van der Waals surface area contributed by atoms with Crippen LogP contribution in [0.4, 0.5) is 5.69 Å². The molecule has 2 aliphatic rings. The SMILES string of the molecule is OCc1cc(Cl)ccc1N1CCC(N2CCCCC2)CC1. The number of aliphatic hydroxyl groups is 1. The number of halogens is 1. The first-order chi connectivity index (χ1) is 10.3. The van der Waals surface area contributed by atoms with Crippen LogP contribution in [0.25, 0.3) is 0 Å². The van der Waals surface area contributed by atoms with Crippen LogP contribution >= 0.6 is 11.6 Å². The monoisotopic (exact) mass is 308 g/mol. The van der Waals surface area contributed by atoms with Gasteiger partial charge in [-0.05, 0) is 57.0 Å². The van der Waals surface area contributed by atoms with Crippen LogP contribution in [-0.2, 0) is 6.61 Å². The van der Waals surface area contributed by atoms with Crippen LogP contribution in [0.15, 0.2) is 18.2 Å². The van der Waals surface area contributed by atoms with Gasteiger partial charge in [0.1, 0.15) is 0 Å². The number of hydrogen-bond donors (Lipinski definition) is 1. The summed E-state index contributed by atoms with van der Waals surface area (Å²) in [5.74, 6) is 0. The molecule has 2 heterocycles. The van der Waals surface area contributed by atoms with Crippen molar-refractivity contribution in [3.8, 4) is 0 Å². The number of piperidine rings is 2. The molecule has 1 aromatic carbocycles. The smallest absolute Gasteiger partial charge is 0.0702 e. The van der Waals surface area contributed by atoms with Crippen LogP contribution in [0.1, 0.15) is 37.7 Å². The molecule has 3 rings (SSSR count). The summed E-state index contributed by atoms with van der Waals surface area (Å²) in [5, 5.41) is 10.2. The van der Waals surface area contributed by atoms with Gasteiger partial charge in [-0.3, -0.25) is 0 Å². The molecule has 4 heteroatoms. The molecule has 0 unspecified atom stereocenters. The molecule has 0 atom stereocenters. The Bertz CT molecular complexity index is 466. The molecule has 2 fully saturated rings. The van der Waals surface area contributed by atoms with Crippen molar-refractivity contribution in [2.45, 2.75) is 44.8 Å². The van der Waals surface area contributed by atoms with E-state index in [1.807, 2.05) is 12.1 Å². The molecule has 0 radical (unpaired) electrons. The van der Waals surface area contributed by atoms with Gasteiger partial charge >= 0.3 is 0 Å². The van der Waals surface area contributed by atoms with Gasteiger partial charge in [-0.1, -0.05) is 18.0 Å². The standard InChI is InChI=1S/C17H25ClN2O/c18-15-4-5-17(14(12-15)13-21)20-10-6-16(7-11-20)19-8-2-1-3-9-19/h4-5,12,16,21H,1-3,6-11,13H2. The number of nitrogens with zero attached hydrogens (tertiary/aromatic N) is 2. The van der Waals surface area contributed by atoms with Crippen LogP contribution in [0, 0.1) is 0 Å². The first-order valence-corrected chi connectivity index (χ1v) is 8.54. The van der Waals surface area contributed by atoms with Crippen molar-refractivity contribution in [1.82, 2.24) is 4.90 Å². The third-order valence-electron chi connectivity index (χ3n) is 4.92. The fourth-order valence-electron chi connectivity index (χ4n) is 3.74. The highest BCUT2D eigenvalue weighted by atomic mass is 35.5. The number of anilines is 1. The van der Waals surface area contributed by atoms with Crippen LogP contribution in [0.3, 0.4) is 0 Å². The fourth-order valence-corrected chi connectivity index (χ4v) is 3.94. The Morgan fingerprint density at radius 2 is 1.76 bits per heavy atom. The average Bonchev–Trinajstić information content (AvgIpc) is 2.56. The van der Waals surface area contributed by atoms with Crippen molar-refractivity contribution in [1.29, 1.82) is 0 Å². The van der Waals surface area contributed by atoms with E-state index in [1.165, 1.54) is 45.2 Å². The van der Waals surface area contributed by atoms with Gasteiger partial charge in [0.2, 0.25) is 0 Å². The highest BCUT2D eigenvalue weighted by molar-refractivity contribution is 6.30. The summed E-state index contributed by atoms with van der Waals surface area (Å²) < 4.78 is 0. The first-order valence-electron chi connectivity index (χ1n) is 8.16. The van der Waals surface area contributed by atoms with Gasteiger partial charge in [0.25, 0.3) is 0 Å².